The van der Waals surface area contributed by atoms with Crippen molar-refractivity contribution in [2.45, 2.75) is 63.5 Å². The molecule has 45 heavy (non-hydrogen) atoms. The van der Waals surface area contributed by atoms with E-state index in [0.717, 1.165) is 65.3 Å². The third kappa shape index (κ3) is 6.07. The first-order valence-corrected chi connectivity index (χ1v) is 16.1. The number of aromatic hydroxyl groups is 1. The number of hydrogen-bond donors (Lipinski definition) is 3. The summed E-state index contributed by atoms with van der Waals surface area (Å²) in [4.78, 5) is 33.6. The normalized spacial score (nSPS) is 23.6. The number of hydrogen-bond acceptors (Lipinski definition) is 7. The molecule has 1 saturated heterocycles. The number of rotatable bonds is 10. The van der Waals surface area contributed by atoms with E-state index in [9.17, 15) is 24.9 Å². The molecule has 2 aliphatic carbocycles. The lowest BCUT2D eigenvalue weighted by molar-refractivity contribution is -0.143. The van der Waals surface area contributed by atoms with Gasteiger partial charge in [0.15, 0.2) is 0 Å². The first kappa shape index (κ1) is 31.1. The van der Waals surface area contributed by atoms with Gasteiger partial charge in [-0.15, -0.1) is 0 Å². The van der Waals surface area contributed by atoms with Gasteiger partial charge >= 0.3 is 0 Å². The summed E-state index contributed by atoms with van der Waals surface area (Å²) in [5.41, 5.74) is 4.02. The third-order valence-electron chi connectivity index (χ3n) is 9.98. The molecule has 1 aromatic heterocycles. The second-order valence-electron chi connectivity index (χ2n) is 12.6. The number of imide groups is 1. The number of ether oxygens (including phenoxy) is 1. The summed E-state index contributed by atoms with van der Waals surface area (Å²) >= 11 is 0. The monoisotopic (exact) mass is 610 g/mol. The van der Waals surface area contributed by atoms with Crippen molar-refractivity contribution in [2.24, 2.45) is 17.8 Å². The van der Waals surface area contributed by atoms with E-state index < -0.39 is 23.9 Å². The number of pyridine rings is 1. The zero-order chi connectivity index (χ0) is 31.5. The van der Waals surface area contributed by atoms with E-state index in [2.05, 4.69) is 4.98 Å². The lowest BCUT2D eigenvalue weighted by Gasteiger charge is -2.36. The molecule has 8 nitrogen and oxygen atoms in total. The Kier molecular flexibility index (Phi) is 9.45. The number of carbonyl (C=O) groups is 2. The van der Waals surface area contributed by atoms with Gasteiger partial charge < -0.3 is 20.1 Å². The van der Waals surface area contributed by atoms with Crippen molar-refractivity contribution < 1.29 is 29.6 Å². The minimum Gasteiger partial charge on any atom is -0.507 e. The van der Waals surface area contributed by atoms with E-state index >= 15 is 0 Å². The zero-order valence-corrected chi connectivity index (χ0v) is 25.8. The van der Waals surface area contributed by atoms with Crippen LogP contribution in [0.15, 0.2) is 71.9 Å². The Morgan fingerprint density at radius 2 is 1.78 bits per heavy atom. The highest BCUT2D eigenvalue weighted by molar-refractivity contribution is 6.06. The van der Waals surface area contributed by atoms with E-state index in [1.807, 2.05) is 54.6 Å². The van der Waals surface area contributed by atoms with Crippen molar-refractivity contribution in [3.63, 3.8) is 0 Å². The maximum Gasteiger partial charge on any atom is 0.234 e. The van der Waals surface area contributed by atoms with Crippen molar-refractivity contribution in [1.29, 1.82) is 0 Å². The number of allylic oxidation sites excluding steroid dienone is 1. The highest BCUT2D eigenvalue weighted by atomic mass is 16.5. The van der Waals surface area contributed by atoms with Crippen LogP contribution in [0, 0.1) is 17.8 Å². The van der Waals surface area contributed by atoms with Crippen molar-refractivity contribution in [1.82, 2.24) is 9.88 Å². The van der Waals surface area contributed by atoms with E-state index in [-0.39, 0.29) is 36.8 Å². The van der Waals surface area contributed by atoms with Crippen LogP contribution in [0.1, 0.15) is 62.6 Å². The Balaban J connectivity index is 1.31. The fraction of sp³-hybridized carbons (Fsp3) is 0.432. The number of aliphatic hydroxyl groups excluding tert-OH is 2. The Labute approximate surface area is 264 Å². The predicted molar refractivity (Wildman–Crippen MR) is 173 cm³/mol. The van der Waals surface area contributed by atoms with E-state index in [4.69, 9.17) is 4.74 Å². The number of aliphatic hydroxyl groups is 2. The standard InChI is InChI=1S/C37H42N2O6/c1-45-22-25-20-29-35(37(44)39(36(29)43)26-9-3-2-4-10-26)30(21-40)34(25)33(42)17-15-24(31-13-7-8-18-38-31)19-23-14-16-32(41)28-12-6-5-11-27(23)28/h5-8,11-14,16,18-19,26,29-30,33,35,40-42H,2-4,9-10,15,17,20-22H2,1H3/b24-19-/t29-,30+,33-,35-/m1/s1. The summed E-state index contributed by atoms with van der Waals surface area (Å²) in [7, 11) is 1.58. The molecule has 0 spiro atoms. The van der Waals surface area contributed by atoms with Gasteiger partial charge in [0.05, 0.1) is 36.8 Å². The fourth-order valence-electron chi connectivity index (χ4n) is 7.88. The summed E-state index contributed by atoms with van der Waals surface area (Å²) in [6.07, 6.45) is 8.73. The van der Waals surface area contributed by atoms with Crippen LogP contribution in [0.4, 0.5) is 0 Å². The third-order valence-corrected chi connectivity index (χ3v) is 9.98. The second-order valence-corrected chi connectivity index (χ2v) is 12.6. The number of phenolic OH excluding ortho intramolecular Hbond substituents is 1. The molecule has 2 heterocycles. The van der Waals surface area contributed by atoms with Crippen molar-refractivity contribution >= 4 is 34.2 Å². The number of carbonyl (C=O) groups excluding carboxylic acids is 2. The molecule has 4 atom stereocenters. The molecule has 236 valence electrons. The summed E-state index contributed by atoms with van der Waals surface area (Å²) < 4.78 is 5.53. The van der Waals surface area contributed by atoms with Crippen molar-refractivity contribution in [3.05, 3.63) is 83.2 Å². The average Bonchev–Trinajstić information content (AvgIpc) is 3.32. The first-order valence-electron chi connectivity index (χ1n) is 16.1. The molecule has 3 N–H and O–H groups in total. The van der Waals surface area contributed by atoms with Crippen LogP contribution in [0.25, 0.3) is 22.4 Å². The van der Waals surface area contributed by atoms with Gasteiger partial charge in [0.1, 0.15) is 5.75 Å². The van der Waals surface area contributed by atoms with Gasteiger partial charge in [-0.25, -0.2) is 0 Å². The number of amides is 2. The summed E-state index contributed by atoms with van der Waals surface area (Å²) in [5, 5.41) is 34.6. The van der Waals surface area contributed by atoms with E-state index in [0.29, 0.717) is 24.8 Å². The molecule has 8 heteroatoms. The molecule has 2 fully saturated rings. The van der Waals surface area contributed by atoms with Crippen LogP contribution < -0.4 is 0 Å². The van der Waals surface area contributed by atoms with Crippen LogP contribution in [0.5, 0.6) is 5.75 Å². The second kappa shape index (κ2) is 13.6. The molecule has 3 aromatic rings. The van der Waals surface area contributed by atoms with Gasteiger partial charge in [-0.1, -0.05) is 55.7 Å². The number of benzene rings is 2. The van der Waals surface area contributed by atoms with Crippen LogP contribution in [-0.2, 0) is 14.3 Å². The highest BCUT2D eigenvalue weighted by Gasteiger charge is 2.56. The van der Waals surface area contributed by atoms with Gasteiger partial charge in [0.2, 0.25) is 11.8 Å². The SMILES string of the molecule is COCC1=C([C@H](O)CC/C(=C/c2ccc(O)c3ccccc23)c2ccccn2)[C@H](CO)[C@@H]2C(=O)N(C3CCCCC3)C(=O)[C@@H]2C1. The van der Waals surface area contributed by atoms with Crippen LogP contribution in [0.2, 0.25) is 0 Å². The highest BCUT2D eigenvalue weighted by Crippen LogP contribution is 2.48. The minimum atomic E-state index is -0.955. The zero-order valence-electron chi connectivity index (χ0n) is 25.8. The lowest BCUT2D eigenvalue weighted by Crippen LogP contribution is -2.42. The van der Waals surface area contributed by atoms with Gasteiger partial charge in [0.25, 0.3) is 0 Å². The minimum absolute atomic E-state index is 0.0787. The average molecular weight is 611 g/mol. The molecule has 0 unspecified atom stereocenters. The van der Waals surface area contributed by atoms with Crippen molar-refractivity contribution in [2.75, 3.05) is 20.3 Å². The van der Waals surface area contributed by atoms with Gasteiger partial charge in [-0.05, 0) is 84.0 Å². The Hall–Kier alpha value is -3.85. The number of nitrogens with zero attached hydrogens (tertiary/aromatic N) is 2. The van der Waals surface area contributed by atoms with Crippen LogP contribution in [0.3, 0.4) is 0 Å². The number of fused-ring (bicyclic) bond motifs is 2. The molecule has 0 bridgehead atoms. The van der Waals surface area contributed by atoms with E-state index in [1.165, 1.54) is 4.90 Å². The maximum absolute atomic E-state index is 13.9. The summed E-state index contributed by atoms with van der Waals surface area (Å²) in [6, 6.07) is 16.9. The molecule has 2 aromatic carbocycles. The number of methoxy groups -OCH3 is 1. The molecule has 2 amide bonds. The quantitative estimate of drug-likeness (QED) is 0.205. The smallest absolute Gasteiger partial charge is 0.234 e. The molecular formula is C37H42N2O6. The lowest BCUT2D eigenvalue weighted by atomic mass is 9.68. The predicted octanol–water partition coefficient (Wildman–Crippen LogP) is 5.51. The largest absolute Gasteiger partial charge is 0.507 e. The van der Waals surface area contributed by atoms with Crippen LogP contribution >= 0.6 is 0 Å². The van der Waals surface area contributed by atoms with Gasteiger partial charge in [-0.3, -0.25) is 19.5 Å². The van der Waals surface area contributed by atoms with Gasteiger partial charge in [-0.2, -0.15) is 0 Å². The Morgan fingerprint density at radius 3 is 2.49 bits per heavy atom. The van der Waals surface area contributed by atoms with Gasteiger partial charge in [0, 0.05) is 30.7 Å². The maximum atomic E-state index is 13.9. The number of likely N-dealkylation sites (tertiary alicyclic amines) is 1. The molecule has 6 rings (SSSR count). The Bertz CT molecular complexity index is 1610. The molecular weight excluding hydrogens is 568 g/mol. The number of aromatic nitrogens is 1. The molecule has 1 aliphatic heterocycles. The fourth-order valence-corrected chi connectivity index (χ4v) is 7.88. The first-order chi connectivity index (χ1) is 21.9. The van der Waals surface area contributed by atoms with Crippen molar-refractivity contribution in [3.8, 4) is 5.75 Å². The molecule has 3 aliphatic rings. The number of phenols is 1. The molecule has 0 radical (unpaired) electrons. The topological polar surface area (TPSA) is 120 Å². The van der Waals surface area contributed by atoms with Crippen LogP contribution in [-0.4, -0.2) is 69.5 Å². The summed E-state index contributed by atoms with van der Waals surface area (Å²) in [5.74, 6) is -2.00. The Morgan fingerprint density at radius 1 is 1.02 bits per heavy atom. The van der Waals surface area contributed by atoms with E-state index in [1.54, 1.807) is 19.4 Å². The summed E-state index contributed by atoms with van der Waals surface area (Å²) in [6.45, 7) is -0.111. The molecule has 1 saturated carbocycles.